The van der Waals surface area contributed by atoms with Crippen molar-refractivity contribution in [3.05, 3.63) is 53.9 Å². The number of anilines is 2. The van der Waals surface area contributed by atoms with Gasteiger partial charge in [-0.1, -0.05) is 51.8 Å². The largest absolute Gasteiger partial charge is 0.355 e. The molecule has 26 heavy (non-hydrogen) atoms. The van der Waals surface area contributed by atoms with Gasteiger partial charge >= 0.3 is 0 Å². The summed E-state index contributed by atoms with van der Waals surface area (Å²) in [5.41, 5.74) is 3.78. The number of nitrogens with zero attached hydrogens (tertiary/aromatic N) is 2. The number of benzene rings is 1. The molecular formula is C22H29N3O. The Hall–Kier alpha value is -2.36. The molecule has 0 atom stereocenters. The number of aromatic nitrogens is 1. The van der Waals surface area contributed by atoms with E-state index in [1.807, 2.05) is 23.1 Å². The highest BCUT2D eigenvalue weighted by molar-refractivity contribution is 5.93. The number of hydrogen-bond acceptors (Lipinski definition) is 3. The minimum atomic E-state index is 0.0413. The van der Waals surface area contributed by atoms with E-state index in [2.05, 4.69) is 49.3 Å². The molecule has 2 aromatic rings. The summed E-state index contributed by atoms with van der Waals surface area (Å²) in [6.07, 6.45) is 6.31. The molecule has 0 unspecified atom stereocenters. The number of pyridine rings is 1. The molecule has 1 aliphatic heterocycles. The molecule has 1 aromatic carbocycles. The zero-order valence-electron chi connectivity index (χ0n) is 16.1. The Morgan fingerprint density at radius 2 is 1.73 bits per heavy atom. The summed E-state index contributed by atoms with van der Waals surface area (Å²) < 4.78 is 0. The fraction of sp³-hybridized carbons (Fsp3) is 0.455. The molecule has 1 saturated heterocycles. The van der Waals surface area contributed by atoms with Crippen molar-refractivity contribution in [1.29, 1.82) is 0 Å². The lowest BCUT2D eigenvalue weighted by atomic mass is 9.86. The van der Waals surface area contributed by atoms with Crippen LogP contribution in [0.2, 0.25) is 0 Å². The predicted octanol–water partition coefficient (Wildman–Crippen LogP) is 5.14. The van der Waals surface area contributed by atoms with E-state index in [0.29, 0.717) is 5.69 Å². The van der Waals surface area contributed by atoms with Crippen LogP contribution in [-0.4, -0.2) is 28.9 Å². The van der Waals surface area contributed by atoms with Crippen molar-refractivity contribution in [3.63, 3.8) is 0 Å². The Morgan fingerprint density at radius 1 is 1.04 bits per heavy atom. The summed E-state index contributed by atoms with van der Waals surface area (Å²) in [5, 5.41) is 3.48. The summed E-state index contributed by atoms with van der Waals surface area (Å²) in [6, 6.07) is 12.1. The molecule has 138 valence electrons. The molecule has 4 nitrogen and oxygen atoms in total. The van der Waals surface area contributed by atoms with Crippen molar-refractivity contribution in [2.45, 2.75) is 51.9 Å². The number of amides is 1. The molecule has 0 aliphatic carbocycles. The zero-order chi connectivity index (χ0) is 18.6. The van der Waals surface area contributed by atoms with Crippen LogP contribution in [0.1, 0.15) is 62.5 Å². The van der Waals surface area contributed by atoms with E-state index in [1.54, 1.807) is 6.20 Å². The first-order chi connectivity index (χ1) is 12.4. The number of para-hydroxylation sites is 1. The van der Waals surface area contributed by atoms with E-state index in [0.717, 1.165) is 37.3 Å². The lowest BCUT2D eigenvalue weighted by Gasteiger charge is -2.24. The van der Waals surface area contributed by atoms with Crippen molar-refractivity contribution in [1.82, 2.24) is 9.88 Å². The second kappa shape index (κ2) is 7.90. The van der Waals surface area contributed by atoms with Crippen molar-refractivity contribution in [3.8, 4) is 0 Å². The van der Waals surface area contributed by atoms with Crippen molar-refractivity contribution in [2.24, 2.45) is 0 Å². The smallest absolute Gasteiger partial charge is 0.272 e. The van der Waals surface area contributed by atoms with E-state index in [-0.39, 0.29) is 11.3 Å². The number of rotatable bonds is 3. The van der Waals surface area contributed by atoms with E-state index < -0.39 is 0 Å². The van der Waals surface area contributed by atoms with Crippen LogP contribution in [-0.2, 0) is 5.41 Å². The van der Waals surface area contributed by atoms with Crippen molar-refractivity contribution in [2.75, 3.05) is 18.4 Å². The molecule has 0 spiro atoms. The lowest BCUT2D eigenvalue weighted by molar-refractivity contribution is 0.0756. The molecule has 2 heterocycles. The third kappa shape index (κ3) is 4.43. The molecule has 1 amide bonds. The number of likely N-dealkylation sites (tertiary alicyclic amines) is 1. The highest BCUT2D eigenvalue weighted by Gasteiger charge is 2.20. The van der Waals surface area contributed by atoms with E-state index in [1.165, 1.54) is 18.4 Å². The third-order valence-electron chi connectivity index (χ3n) is 4.89. The standard InChI is InChI=1S/C22H29N3O/c1-22(2,3)18-10-6-7-11-19(18)24-17-12-13-23-20(16-17)21(26)25-14-8-4-5-9-15-25/h6-7,10-13,16H,4-5,8-9,14-15H2,1-3H3,(H,23,24). The van der Waals surface area contributed by atoms with Gasteiger partial charge in [-0.3, -0.25) is 9.78 Å². The molecule has 4 heteroatoms. The van der Waals surface area contributed by atoms with Gasteiger partial charge < -0.3 is 10.2 Å². The molecule has 0 saturated carbocycles. The number of carbonyl (C=O) groups is 1. The quantitative estimate of drug-likeness (QED) is 0.833. The lowest BCUT2D eigenvalue weighted by Crippen LogP contribution is -2.32. The molecule has 0 bridgehead atoms. The normalized spacial score (nSPS) is 15.4. The van der Waals surface area contributed by atoms with Crippen LogP contribution < -0.4 is 5.32 Å². The van der Waals surface area contributed by atoms with Crippen LogP contribution in [0.4, 0.5) is 11.4 Å². The molecule has 1 N–H and O–H groups in total. The predicted molar refractivity (Wildman–Crippen MR) is 107 cm³/mol. The minimum Gasteiger partial charge on any atom is -0.355 e. The second-order valence-electron chi connectivity index (χ2n) is 8.06. The summed E-state index contributed by atoms with van der Waals surface area (Å²) in [7, 11) is 0. The van der Waals surface area contributed by atoms with E-state index in [4.69, 9.17) is 0 Å². The number of carbonyl (C=O) groups excluding carboxylic acids is 1. The average molecular weight is 351 g/mol. The Morgan fingerprint density at radius 3 is 2.42 bits per heavy atom. The number of hydrogen-bond donors (Lipinski definition) is 1. The summed E-state index contributed by atoms with van der Waals surface area (Å²) >= 11 is 0. The van der Waals surface area contributed by atoms with Gasteiger partial charge in [-0.05, 0) is 42.0 Å². The van der Waals surface area contributed by atoms with Crippen molar-refractivity contribution < 1.29 is 4.79 Å². The zero-order valence-corrected chi connectivity index (χ0v) is 16.1. The summed E-state index contributed by atoms with van der Waals surface area (Å²) in [5.74, 6) is 0.0413. The maximum atomic E-state index is 12.8. The van der Waals surface area contributed by atoms with Gasteiger partial charge in [0, 0.05) is 30.7 Å². The molecule has 1 fully saturated rings. The highest BCUT2D eigenvalue weighted by Crippen LogP contribution is 2.31. The monoisotopic (exact) mass is 351 g/mol. The summed E-state index contributed by atoms with van der Waals surface area (Å²) in [6.45, 7) is 8.28. The topological polar surface area (TPSA) is 45.2 Å². The Balaban J connectivity index is 1.81. The average Bonchev–Trinajstić information content (AvgIpc) is 2.90. The maximum absolute atomic E-state index is 12.8. The number of nitrogens with one attached hydrogen (secondary N) is 1. The molecule has 1 aliphatic rings. The van der Waals surface area contributed by atoms with Gasteiger partial charge in [0.25, 0.3) is 5.91 Å². The van der Waals surface area contributed by atoms with Crippen LogP contribution in [0.25, 0.3) is 0 Å². The molecule has 1 aromatic heterocycles. The van der Waals surface area contributed by atoms with Crippen LogP contribution in [0, 0.1) is 0 Å². The van der Waals surface area contributed by atoms with E-state index >= 15 is 0 Å². The molecule has 3 rings (SSSR count). The van der Waals surface area contributed by atoms with Gasteiger partial charge in [-0.15, -0.1) is 0 Å². The van der Waals surface area contributed by atoms with Crippen molar-refractivity contribution >= 4 is 17.3 Å². The van der Waals surface area contributed by atoms with Crippen LogP contribution >= 0.6 is 0 Å². The summed E-state index contributed by atoms with van der Waals surface area (Å²) in [4.78, 5) is 19.1. The third-order valence-corrected chi connectivity index (χ3v) is 4.89. The first-order valence-corrected chi connectivity index (χ1v) is 9.57. The van der Waals surface area contributed by atoms with Gasteiger partial charge in [-0.2, -0.15) is 0 Å². The SMILES string of the molecule is CC(C)(C)c1ccccc1Nc1ccnc(C(=O)N2CCCCCC2)c1. The Bertz CT molecular complexity index is 756. The second-order valence-corrected chi connectivity index (χ2v) is 8.06. The van der Waals surface area contributed by atoms with Crippen LogP contribution in [0.3, 0.4) is 0 Å². The van der Waals surface area contributed by atoms with E-state index in [9.17, 15) is 4.79 Å². The van der Waals surface area contributed by atoms with Gasteiger partial charge in [-0.25, -0.2) is 0 Å². The maximum Gasteiger partial charge on any atom is 0.272 e. The first-order valence-electron chi connectivity index (χ1n) is 9.57. The van der Waals surface area contributed by atoms with Crippen LogP contribution in [0.15, 0.2) is 42.6 Å². The van der Waals surface area contributed by atoms with Gasteiger partial charge in [0.05, 0.1) is 0 Å². The highest BCUT2D eigenvalue weighted by atomic mass is 16.2. The molecule has 0 radical (unpaired) electrons. The van der Waals surface area contributed by atoms with Crippen LogP contribution in [0.5, 0.6) is 0 Å². The fourth-order valence-corrected chi connectivity index (χ4v) is 3.46. The Kier molecular flexibility index (Phi) is 5.60. The van der Waals surface area contributed by atoms with Gasteiger partial charge in [0.1, 0.15) is 5.69 Å². The first kappa shape index (κ1) is 18.4. The minimum absolute atomic E-state index is 0.0413. The Labute approximate surface area is 156 Å². The van der Waals surface area contributed by atoms with Gasteiger partial charge in [0.2, 0.25) is 0 Å². The molecular weight excluding hydrogens is 322 g/mol. The fourth-order valence-electron chi connectivity index (χ4n) is 3.46. The van der Waals surface area contributed by atoms with Gasteiger partial charge in [0.15, 0.2) is 0 Å².